The minimum absolute atomic E-state index is 0. The molecular weight excluding hydrogens is 291 g/mol. The van der Waals surface area contributed by atoms with Crippen molar-refractivity contribution in [3.63, 3.8) is 0 Å². The molecule has 0 aliphatic heterocycles. The number of hydrogen-bond donors (Lipinski definition) is 0. The number of carbonyl (C=O) groups excluding carboxylic acids is 1. The maximum atomic E-state index is 12.7. The molecule has 1 aromatic rings. The van der Waals surface area contributed by atoms with Gasteiger partial charge in [-0.25, -0.2) is 4.79 Å². The molecule has 0 aromatic heterocycles. The summed E-state index contributed by atoms with van der Waals surface area (Å²) in [5, 5.41) is 0. The molecule has 0 saturated carbocycles. The summed E-state index contributed by atoms with van der Waals surface area (Å²) >= 11 is 0. The molecule has 4 nitrogen and oxygen atoms in total. The number of hydrogen-bond acceptors (Lipinski definition) is 4. The number of methoxy groups -OCH3 is 2. The van der Waals surface area contributed by atoms with Gasteiger partial charge in [0.1, 0.15) is 0 Å². The number of ether oxygens (including phenoxy) is 3. The van der Waals surface area contributed by atoms with Gasteiger partial charge in [-0.1, -0.05) is 17.6 Å². The zero-order valence-electron chi connectivity index (χ0n) is 10.8. The van der Waals surface area contributed by atoms with Gasteiger partial charge < -0.3 is 27.2 Å². The van der Waals surface area contributed by atoms with E-state index in [2.05, 4.69) is 9.47 Å². The van der Waals surface area contributed by atoms with E-state index in [1.165, 1.54) is 7.11 Å². The molecule has 0 fully saturated rings. The first-order valence-electron chi connectivity index (χ1n) is 4.94. The Labute approximate surface area is 151 Å². The van der Waals surface area contributed by atoms with Gasteiger partial charge in [0.05, 0.1) is 18.4 Å². The number of benzene rings is 1. The van der Waals surface area contributed by atoms with Crippen molar-refractivity contribution in [2.24, 2.45) is 0 Å². The standard InChI is InChI=1S/C10H11BF3O4.K/c1-16-6-18-9-5-7(10(15)17-2)3-4-8(9)11(12,13)14;/h3-5H,6H2,1-2H3;/q-1;+1. The molecule has 19 heavy (non-hydrogen) atoms. The van der Waals surface area contributed by atoms with Gasteiger partial charge >= 0.3 is 64.3 Å². The van der Waals surface area contributed by atoms with Crippen molar-refractivity contribution in [3.8, 4) is 5.75 Å². The maximum absolute atomic E-state index is 12.7. The fraction of sp³-hybridized carbons (Fsp3) is 0.300. The van der Waals surface area contributed by atoms with E-state index in [-0.39, 0.29) is 63.7 Å². The zero-order valence-corrected chi connectivity index (χ0v) is 13.9. The first-order chi connectivity index (χ1) is 8.40. The molecule has 1 aromatic carbocycles. The van der Waals surface area contributed by atoms with Crippen molar-refractivity contribution < 1.29 is 83.3 Å². The predicted octanol–water partition coefficient (Wildman–Crippen LogP) is -1.49. The van der Waals surface area contributed by atoms with Crippen LogP contribution < -0.4 is 61.6 Å². The Morgan fingerprint density at radius 1 is 1.26 bits per heavy atom. The molecule has 0 heterocycles. The second kappa shape index (κ2) is 8.28. The number of esters is 1. The zero-order chi connectivity index (χ0) is 13.8. The topological polar surface area (TPSA) is 44.8 Å². The van der Waals surface area contributed by atoms with Crippen LogP contribution in [0.3, 0.4) is 0 Å². The van der Waals surface area contributed by atoms with Crippen LogP contribution in [-0.4, -0.2) is 34.0 Å². The van der Waals surface area contributed by atoms with E-state index >= 15 is 0 Å². The second-order valence-corrected chi connectivity index (χ2v) is 3.37. The Kier molecular flexibility index (Phi) is 8.25. The summed E-state index contributed by atoms with van der Waals surface area (Å²) in [5.74, 6) is -1.19. The molecule has 0 radical (unpaired) electrons. The van der Waals surface area contributed by atoms with Gasteiger partial charge in [-0.05, 0) is 6.07 Å². The summed E-state index contributed by atoms with van der Waals surface area (Å²) in [5.41, 5.74) is -0.938. The third-order valence-electron chi connectivity index (χ3n) is 2.12. The molecule has 0 saturated heterocycles. The van der Waals surface area contributed by atoms with Gasteiger partial charge in [-0.2, -0.15) is 0 Å². The average Bonchev–Trinajstić information content (AvgIpc) is 2.33. The van der Waals surface area contributed by atoms with Crippen LogP contribution in [0, 0.1) is 0 Å². The summed E-state index contributed by atoms with van der Waals surface area (Å²) in [6, 6.07) is 2.81. The second-order valence-electron chi connectivity index (χ2n) is 3.37. The molecular formula is C10H11BF3KO4. The normalized spacial score (nSPS) is 10.6. The Bertz CT molecular complexity index is 439. The minimum Gasteiger partial charge on any atom is -0.471 e. The van der Waals surface area contributed by atoms with Crippen molar-refractivity contribution in [1.82, 2.24) is 0 Å². The van der Waals surface area contributed by atoms with Crippen molar-refractivity contribution in [3.05, 3.63) is 23.8 Å². The summed E-state index contributed by atoms with van der Waals surface area (Å²) < 4.78 is 51.9. The molecule has 0 aliphatic carbocycles. The fourth-order valence-electron chi connectivity index (χ4n) is 1.30. The van der Waals surface area contributed by atoms with Crippen LogP contribution in [0.4, 0.5) is 12.9 Å². The van der Waals surface area contributed by atoms with E-state index in [4.69, 9.17) is 4.74 Å². The monoisotopic (exact) mass is 302 g/mol. The number of rotatable bonds is 5. The summed E-state index contributed by atoms with van der Waals surface area (Å²) in [6.45, 7) is -5.57. The molecule has 0 unspecified atom stereocenters. The minimum atomic E-state index is -5.23. The predicted molar refractivity (Wildman–Crippen MR) is 59.0 cm³/mol. The van der Waals surface area contributed by atoms with Gasteiger partial charge in [-0.3, -0.25) is 0 Å². The van der Waals surface area contributed by atoms with Gasteiger partial charge in [0.2, 0.25) is 0 Å². The third-order valence-corrected chi connectivity index (χ3v) is 2.12. The molecule has 0 spiro atoms. The first-order valence-corrected chi connectivity index (χ1v) is 4.94. The Balaban J connectivity index is 0.00000324. The van der Waals surface area contributed by atoms with E-state index in [1.807, 2.05) is 0 Å². The first kappa shape index (κ1) is 18.9. The summed E-state index contributed by atoms with van der Waals surface area (Å²) in [4.78, 5) is 11.2. The Hall–Kier alpha value is -0.0587. The van der Waals surface area contributed by atoms with Gasteiger partial charge in [-0.15, -0.1) is 0 Å². The molecule has 1 rings (SSSR count). The molecule has 0 bridgehead atoms. The third kappa shape index (κ3) is 5.44. The van der Waals surface area contributed by atoms with E-state index in [0.717, 1.165) is 25.3 Å². The maximum Gasteiger partial charge on any atom is 1.00 e. The van der Waals surface area contributed by atoms with Crippen molar-refractivity contribution >= 4 is 18.4 Å². The van der Waals surface area contributed by atoms with Crippen LogP contribution in [0.5, 0.6) is 5.75 Å². The molecule has 9 heteroatoms. The smallest absolute Gasteiger partial charge is 0.471 e. The van der Waals surface area contributed by atoms with Gasteiger partial charge in [0, 0.05) is 7.11 Å². The van der Waals surface area contributed by atoms with Gasteiger partial charge in [0.25, 0.3) is 0 Å². The van der Waals surface area contributed by atoms with Crippen LogP contribution in [0.2, 0.25) is 0 Å². The number of carbonyl (C=O) groups is 1. The summed E-state index contributed by atoms with van der Waals surface area (Å²) in [6.07, 6.45) is 0. The van der Waals surface area contributed by atoms with Crippen molar-refractivity contribution in [2.45, 2.75) is 0 Å². The van der Waals surface area contributed by atoms with Crippen LogP contribution in [0.25, 0.3) is 0 Å². The molecule has 0 atom stereocenters. The molecule has 0 aliphatic rings. The molecule has 0 N–H and O–H groups in total. The fourth-order valence-corrected chi connectivity index (χ4v) is 1.30. The van der Waals surface area contributed by atoms with Gasteiger partial charge in [0.15, 0.2) is 6.79 Å². The molecule has 0 amide bonds. The largest absolute Gasteiger partial charge is 1.00 e. The van der Waals surface area contributed by atoms with Crippen molar-refractivity contribution in [2.75, 3.05) is 21.0 Å². The quantitative estimate of drug-likeness (QED) is 0.378. The van der Waals surface area contributed by atoms with Crippen LogP contribution in [0.1, 0.15) is 10.4 Å². The Morgan fingerprint density at radius 3 is 2.37 bits per heavy atom. The van der Waals surface area contributed by atoms with E-state index in [9.17, 15) is 17.7 Å². The van der Waals surface area contributed by atoms with E-state index in [0.29, 0.717) is 0 Å². The van der Waals surface area contributed by atoms with Crippen molar-refractivity contribution in [1.29, 1.82) is 0 Å². The van der Waals surface area contributed by atoms with Crippen LogP contribution >= 0.6 is 0 Å². The summed E-state index contributed by atoms with van der Waals surface area (Å²) in [7, 11) is 2.42. The van der Waals surface area contributed by atoms with Crippen LogP contribution in [0.15, 0.2) is 18.2 Å². The van der Waals surface area contributed by atoms with E-state index < -0.39 is 24.2 Å². The average molecular weight is 302 g/mol. The Morgan fingerprint density at radius 2 is 1.89 bits per heavy atom. The van der Waals surface area contributed by atoms with E-state index in [1.54, 1.807) is 0 Å². The molecule has 100 valence electrons. The number of halogens is 3. The van der Waals surface area contributed by atoms with Crippen LogP contribution in [-0.2, 0) is 9.47 Å². The SMILES string of the molecule is COCOc1cc(C(=O)OC)ccc1[B-](F)(F)F.[K+].